The average Bonchev–Trinajstić information content (AvgIpc) is 3.42. The van der Waals surface area contributed by atoms with E-state index in [4.69, 9.17) is 4.42 Å². The van der Waals surface area contributed by atoms with Gasteiger partial charge in [0, 0.05) is 23.2 Å². The highest BCUT2D eigenvalue weighted by Crippen LogP contribution is 2.42. The number of alkyl halides is 6. The van der Waals surface area contributed by atoms with Crippen LogP contribution in [0, 0.1) is 17.2 Å². The second-order valence-electron chi connectivity index (χ2n) is 11.5. The average molecular weight is 614 g/mol. The fourth-order valence-electron chi connectivity index (χ4n) is 5.69. The largest absolute Gasteiger partial charge is 0.436 e. The van der Waals surface area contributed by atoms with Gasteiger partial charge < -0.3 is 9.73 Å². The van der Waals surface area contributed by atoms with E-state index in [9.17, 15) is 36.4 Å². The van der Waals surface area contributed by atoms with E-state index in [1.54, 1.807) is 36.4 Å². The van der Waals surface area contributed by atoms with Crippen molar-refractivity contribution < 1.29 is 35.6 Å². The minimum absolute atomic E-state index is 0.0413. The maximum Gasteiger partial charge on any atom is 0.416 e. The maximum absolute atomic E-state index is 13.3. The lowest BCUT2D eigenvalue weighted by Gasteiger charge is -2.29. The molecule has 0 aliphatic heterocycles. The van der Waals surface area contributed by atoms with E-state index in [2.05, 4.69) is 16.4 Å². The van der Waals surface area contributed by atoms with Gasteiger partial charge in [0.25, 0.3) is 5.91 Å². The van der Waals surface area contributed by atoms with Crippen LogP contribution in [0.2, 0.25) is 0 Å². The van der Waals surface area contributed by atoms with Crippen molar-refractivity contribution >= 4 is 17.0 Å². The third kappa shape index (κ3) is 6.74. The van der Waals surface area contributed by atoms with Crippen LogP contribution in [0.1, 0.15) is 89.5 Å². The highest BCUT2D eigenvalue weighted by molar-refractivity contribution is 5.94. The van der Waals surface area contributed by atoms with Crippen molar-refractivity contribution in [2.24, 2.45) is 5.92 Å². The Morgan fingerprint density at radius 2 is 1.57 bits per heavy atom. The van der Waals surface area contributed by atoms with Crippen molar-refractivity contribution in [3.05, 3.63) is 88.0 Å². The molecule has 11 heteroatoms. The number of benzene rings is 3. The zero-order valence-corrected chi connectivity index (χ0v) is 23.9. The predicted octanol–water partition coefficient (Wildman–Crippen LogP) is 9.23. The highest BCUT2D eigenvalue weighted by atomic mass is 19.4. The van der Waals surface area contributed by atoms with Crippen LogP contribution >= 0.6 is 0 Å². The molecule has 0 atom stereocenters. The number of rotatable bonds is 6. The van der Waals surface area contributed by atoms with Gasteiger partial charge in [-0.1, -0.05) is 13.8 Å². The van der Waals surface area contributed by atoms with Gasteiger partial charge in [0.05, 0.1) is 22.8 Å². The molecule has 1 saturated carbocycles. The van der Waals surface area contributed by atoms with Gasteiger partial charge in [-0.25, -0.2) is 4.98 Å². The lowest BCUT2D eigenvalue weighted by Crippen LogP contribution is -2.31. The molecule has 230 valence electrons. The fraction of sp³-hybridized carbons (Fsp3) is 0.364. The summed E-state index contributed by atoms with van der Waals surface area (Å²) in [7, 11) is 0. The Hall–Kier alpha value is -4.33. The molecule has 1 amide bonds. The standard InChI is InChI=1S/C33H29F6N3O2/c1-18(2)27-11-20(16-40)12-28-29(27)44-31(42-28)23-9-7-22(8-10-23)30(43)41-17-19-3-5-21(6-4-19)24-13-25(32(34,35)36)15-26(14-24)33(37,38)39/h7-15,18-19,21H,3-6,17H2,1-2H3,(H,41,43). The molecule has 1 fully saturated rings. The van der Waals surface area contributed by atoms with Crippen LogP contribution in [0.3, 0.4) is 0 Å². The first kappa shape index (κ1) is 31.1. The van der Waals surface area contributed by atoms with Gasteiger partial charge in [-0.2, -0.15) is 31.6 Å². The number of fused-ring (bicyclic) bond motifs is 1. The van der Waals surface area contributed by atoms with Crippen molar-refractivity contribution in [1.82, 2.24) is 10.3 Å². The number of aromatic nitrogens is 1. The summed E-state index contributed by atoms with van der Waals surface area (Å²) in [5.74, 6) is -0.188. The van der Waals surface area contributed by atoms with Crippen LogP contribution in [0.5, 0.6) is 0 Å². The zero-order chi connectivity index (χ0) is 31.8. The SMILES string of the molecule is CC(C)c1cc(C#N)cc2nc(-c3ccc(C(=O)NCC4CCC(c5cc(C(F)(F)F)cc(C(F)(F)F)c5)CC4)cc3)oc12. The minimum Gasteiger partial charge on any atom is -0.436 e. The first-order valence-corrected chi connectivity index (χ1v) is 14.3. The number of nitriles is 1. The predicted molar refractivity (Wildman–Crippen MR) is 152 cm³/mol. The van der Waals surface area contributed by atoms with E-state index < -0.39 is 29.4 Å². The van der Waals surface area contributed by atoms with Crippen LogP contribution in [0.25, 0.3) is 22.6 Å². The van der Waals surface area contributed by atoms with Gasteiger partial charge in [-0.3, -0.25) is 4.79 Å². The monoisotopic (exact) mass is 613 g/mol. The van der Waals surface area contributed by atoms with Gasteiger partial charge in [-0.15, -0.1) is 0 Å². The Bertz CT molecular complexity index is 1670. The second kappa shape index (κ2) is 12.0. The van der Waals surface area contributed by atoms with Gasteiger partial charge in [0.1, 0.15) is 5.52 Å². The van der Waals surface area contributed by atoms with Crippen molar-refractivity contribution in [1.29, 1.82) is 5.26 Å². The molecule has 0 spiro atoms. The smallest absolute Gasteiger partial charge is 0.416 e. The summed E-state index contributed by atoms with van der Waals surface area (Å²) < 4.78 is 85.7. The summed E-state index contributed by atoms with van der Waals surface area (Å²) >= 11 is 0. The molecule has 5 nitrogen and oxygen atoms in total. The number of hydrogen-bond acceptors (Lipinski definition) is 4. The summed E-state index contributed by atoms with van der Waals surface area (Å²) in [6.45, 7) is 4.34. The number of hydrogen-bond donors (Lipinski definition) is 1. The molecule has 4 aromatic rings. The third-order valence-corrected chi connectivity index (χ3v) is 8.14. The Balaban J connectivity index is 1.20. The highest BCUT2D eigenvalue weighted by Gasteiger charge is 2.38. The van der Waals surface area contributed by atoms with Crippen LogP contribution < -0.4 is 5.32 Å². The molecule has 5 rings (SSSR count). The third-order valence-electron chi connectivity index (χ3n) is 8.14. The molecule has 0 saturated heterocycles. The van der Waals surface area contributed by atoms with E-state index in [-0.39, 0.29) is 29.4 Å². The topological polar surface area (TPSA) is 78.9 Å². The molecule has 3 aromatic carbocycles. The molecule has 1 aliphatic carbocycles. The van der Waals surface area contributed by atoms with Gasteiger partial charge in [-0.05, 0) is 104 Å². The number of carbonyl (C=O) groups excluding carboxylic acids is 1. The summed E-state index contributed by atoms with van der Waals surface area (Å²) in [5.41, 5.74) is 1.08. The Labute approximate surface area is 249 Å². The first-order chi connectivity index (χ1) is 20.7. The number of oxazole rings is 1. The number of amides is 1. The lowest BCUT2D eigenvalue weighted by atomic mass is 9.78. The van der Waals surface area contributed by atoms with Crippen LogP contribution in [-0.2, 0) is 12.4 Å². The molecule has 0 unspecified atom stereocenters. The molecule has 1 aromatic heterocycles. The Kier molecular flexibility index (Phi) is 8.47. The van der Waals surface area contributed by atoms with Gasteiger partial charge >= 0.3 is 12.4 Å². The maximum atomic E-state index is 13.3. The number of carbonyl (C=O) groups is 1. The Morgan fingerprint density at radius 3 is 2.11 bits per heavy atom. The van der Waals surface area contributed by atoms with Crippen molar-refractivity contribution in [2.75, 3.05) is 6.54 Å². The van der Waals surface area contributed by atoms with Crippen molar-refractivity contribution in [3.8, 4) is 17.5 Å². The van der Waals surface area contributed by atoms with Crippen LogP contribution in [0.4, 0.5) is 26.3 Å². The van der Waals surface area contributed by atoms with E-state index in [0.29, 0.717) is 65.9 Å². The molecule has 1 aliphatic rings. The van der Waals surface area contributed by atoms with Crippen molar-refractivity contribution in [2.45, 2.75) is 63.7 Å². The normalized spacial score (nSPS) is 17.5. The molecular weight excluding hydrogens is 584 g/mol. The lowest BCUT2D eigenvalue weighted by molar-refractivity contribution is -0.143. The number of nitrogens with one attached hydrogen (secondary N) is 1. The zero-order valence-electron chi connectivity index (χ0n) is 23.9. The summed E-state index contributed by atoms with van der Waals surface area (Å²) in [5, 5.41) is 12.2. The van der Waals surface area contributed by atoms with Gasteiger partial charge in [0.15, 0.2) is 5.58 Å². The van der Waals surface area contributed by atoms with Crippen LogP contribution in [-0.4, -0.2) is 17.4 Å². The van der Waals surface area contributed by atoms with E-state index >= 15 is 0 Å². The van der Waals surface area contributed by atoms with E-state index in [1.165, 1.54) is 0 Å². The number of nitrogens with zero attached hydrogens (tertiary/aromatic N) is 2. The summed E-state index contributed by atoms with van der Waals surface area (Å²) in [4.78, 5) is 17.4. The van der Waals surface area contributed by atoms with Crippen molar-refractivity contribution in [3.63, 3.8) is 0 Å². The van der Waals surface area contributed by atoms with E-state index in [0.717, 1.165) is 17.7 Å². The molecule has 1 heterocycles. The summed E-state index contributed by atoms with van der Waals surface area (Å²) in [6.07, 6.45) is -7.79. The molecular formula is C33H29F6N3O2. The fourth-order valence-corrected chi connectivity index (χ4v) is 5.69. The molecule has 0 radical (unpaired) electrons. The molecule has 44 heavy (non-hydrogen) atoms. The molecule has 0 bridgehead atoms. The second-order valence-corrected chi connectivity index (χ2v) is 11.5. The molecule has 1 N–H and O–H groups in total. The number of halogens is 6. The van der Waals surface area contributed by atoms with Gasteiger partial charge in [0.2, 0.25) is 5.89 Å². The minimum atomic E-state index is -4.88. The van der Waals surface area contributed by atoms with E-state index in [1.807, 2.05) is 13.8 Å². The summed E-state index contributed by atoms with van der Waals surface area (Å²) in [6, 6.07) is 14.1. The quantitative estimate of drug-likeness (QED) is 0.220. The first-order valence-electron chi connectivity index (χ1n) is 14.3. The van der Waals surface area contributed by atoms with Crippen LogP contribution in [0.15, 0.2) is 59.0 Å². The Morgan fingerprint density at radius 1 is 0.955 bits per heavy atom.